The molecule has 0 saturated carbocycles. The zero-order valence-corrected chi connectivity index (χ0v) is 21.4. The van der Waals surface area contributed by atoms with E-state index in [4.69, 9.17) is 4.74 Å². The van der Waals surface area contributed by atoms with Crippen molar-refractivity contribution in [1.29, 1.82) is 5.26 Å². The maximum absolute atomic E-state index is 12.6. The van der Waals surface area contributed by atoms with E-state index in [0.29, 0.717) is 28.5 Å². The Labute approximate surface area is 225 Å². The van der Waals surface area contributed by atoms with Gasteiger partial charge in [-0.3, -0.25) is 4.98 Å². The predicted octanol–water partition coefficient (Wildman–Crippen LogP) is 5.98. The van der Waals surface area contributed by atoms with Crippen molar-refractivity contribution in [2.75, 3.05) is 11.6 Å². The first-order valence-corrected chi connectivity index (χ1v) is 12.8. The van der Waals surface area contributed by atoms with E-state index in [0.717, 1.165) is 11.5 Å². The summed E-state index contributed by atoms with van der Waals surface area (Å²) in [7, 11) is 0. The molecule has 1 N–H and O–H groups in total. The van der Waals surface area contributed by atoms with Gasteiger partial charge in [-0.15, -0.1) is 30.0 Å². The van der Waals surface area contributed by atoms with E-state index in [-0.39, 0.29) is 29.0 Å². The lowest BCUT2D eigenvalue weighted by Gasteiger charge is -2.21. The van der Waals surface area contributed by atoms with Crippen LogP contribution in [0.3, 0.4) is 0 Å². The number of hydrogen-bond acceptors (Lipinski definition) is 9. The Hall–Kier alpha value is -4.57. The molecule has 0 aliphatic heterocycles. The number of halogens is 3. The van der Waals surface area contributed by atoms with E-state index < -0.39 is 6.36 Å². The number of fused-ring (bicyclic) bond motifs is 1. The number of aromatic nitrogens is 5. The van der Waals surface area contributed by atoms with Crippen LogP contribution in [0.4, 0.5) is 19.1 Å². The summed E-state index contributed by atoms with van der Waals surface area (Å²) in [5.41, 5.74) is 1.88. The van der Waals surface area contributed by atoms with E-state index >= 15 is 0 Å². The van der Waals surface area contributed by atoms with Crippen molar-refractivity contribution in [3.63, 3.8) is 0 Å². The Balaban J connectivity index is 1.48. The van der Waals surface area contributed by atoms with Crippen LogP contribution in [0.25, 0.3) is 17.0 Å². The summed E-state index contributed by atoms with van der Waals surface area (Å²) in [6, 6.07) is 10.9. The minimum atomic E-state index is -4.81. The number of rotatable bonds is 7. The molecule has 0 fully saturated rings. The number of hydrogen-bond donors (Lipinski definition) is 1. The molecule has 4 aromatic rings. The minimum absolute atomic E-state index is 0.0588. The van der Waals surface area contributed by atoms with Gasteiger partial charge in [0.25, 0.3) is 5.78 Å². The Morgan fingerprint density at radius 3 is 2.46 bits per heavy atom. The van der Waals surface area contributed by atoms with Gasteiger partial charge < -0.3 is 14.8 Å². The molecular formula is C26H20F3N7O2S. The number of alkyl halides is 3. The lowest BCUT2D eigenvalue weighted by molar-refractivity contribution is -0.274. The molecule has 3 heterocycles. The summed E-state index contributed by atoms with van der Waals surface area (Å²) in [6.45, 7) is 2.03. The highest BCUT2D eigenvalue weighted by atomic mass is 32.2. The summed E-state index contributed by atoms with van der Waals surface area (Å²) in [4.78, 5) is 13.0. The van der Waals surface area contributed by atoms with Crippen LogP contribution >= 0.6 is 11.8 Å². The normalized spacial score (nSPS) is 15.3. The molecule has 1 aliphatic carbocycles. The molecule has 0 spiro atoms. The van der Waals surface area contributed by atoms with E-state index in [2.05, 4.69) is 36.2 Å². The van der Waals surface area contributed by atoms with E-state index in [9.17, 15) is 18.4 Å². The van der Waals surface area contributed by atoms with Gasteiger partial charge >= 0.3 is 6.36 Å². The van der Waals surface area contributed by atoms with Crippen molar-refractivity contribution in [2.45, 2.75) is 24.7 Å². The Kier molecular flexibility index (Phi) is 7.12. The number of benzene rings is 1. The number of thioether (sulfide) groups is 1. The molecule has 3 aromatic heterocycles. The summed E-state index contributed by atoms with van der Waals surface area (Å²) < 4.78 is 49.1. The van der Waals surface area contributed by atoms with E-state index in [1.54, 1.807) is 30.8 Å². The quantitative estimate of drug-likeness (QED) is 0.219. The largest absolute Gasteiger partial charge is 0.573 e. The number of nitrogens with one attached hydrogen (secondary N) is 1. The molecule has 39 heavy (non-hydrogen) atoms. The van der Waals surface area contributed by atoms with Gasteiger partial charge in [0, 0.05) is 36.0 Å². The van der Waals surface area contributed by atoms with Crippen LogP contribution in [0.5, 0.6) is 11.5 Å². The second kappa shape index (κ2) is 10.7. The fraction of sp³-hybridized carbons (Fsp3) is 0.192. The van der Waals surface area contributed by atoms with Crippen molar-refractivity contribution >= 4 is 23.5 Å². The fourth-order valence-electron chi connectivity index (χ4n) is 4.02. The Bertz CT molecular complexity index is 1610. The Morgan fingerprint density at radius 2 is 1.82 bits per heavy atom. The highest BCUT2D eigenvalue weighted by Gasteiger charge is 2.31. The van der Waals surface area contributed by atoms with Gasteiger partial charge in [-0.2, -0.15) is 14.8 Å². The summed E-state index contributed by atoms with van der Waals surface area (Å²) in [6.07, 6.45) is 4.67. The standard InChI is InChI=1S/C26H20F3N7O2S/c1-15-13-19(37-17-9-11-31-12-10-17)7-8-21(15)32-24-34-25-33-23(39-2)20(14-30)22(36(25)35-24)16-3-5-18(6-4-16)38-26(27,28)29/h3-12,15H,13H2,1-2H3,(H,32,35). The van der Waals surface area contributed by atoms with Crippen molar-refractivity contribution in [3.8, 4) is 28.8 Å². The van der Waals surface area contributed by atoms with Crippen molar-refractivity contribution in [3.05, 3.63) is 78.0 Å². The first kappa shape index (κ1) is 26.1. The first-order valence-electron chi connectivity index (χ1n) is 11.6. The minimum Gasteiger partial charge on any atom is -0.462 e. The number of anilines is 1. The molecule has 9 nitrogen and oxygen atoms in total. The Morgan fingerprint density at radius 1 is 1.08 bits per heavy atom. The predicted molar refractivity (Wildman–Crippen MR) is 138 cm³/mol. The number of allylic oxidation sites excluding steroid dienone is 4. The average Bonchev–Trinajstić information content (AvgIpc) is 3.31. The number of ether oxygens (including phenoxy) is 2. The van der Waals surface area contributed by atoms with Gasteiger partial charge in [-0.05, 0) is 54.8 Å². The number of nitrogens with zero attached hydrogens (tertiary/aromatic N) is 6. The van der Waals surface area contributed by atoms with E-state index in [1.807, 2.05) is 19.1 Å². The molecule has 0 saturated heterocycles. The number of nitriles is 1. The molecule has 1 aromatic carbocycles. The van der Waals surface area contributed by atoms with Crippen LogP contribution in [0, 0.1) is 17.2 Å². The van der Waals surface area contributed by atoms with Crippen molar-refractivity contribution in [2.24, 2.45) is 5.92 Å². The second-order valence-corrected chi connectivity index (χ2v) is 9.24. The van der Waals surface area contributed by atoms with Crippen LogP contribution in [-0.4, -0.2) is 37.2 Å². The molecule has 198 valence electrons. The zero-order valence-electron chi connectivity index (χ0n) is 20.6. The number of pyridine rings is 1. The molecule has 0 amide bonds. The average molecular weight is 552 g/mol. The van der Waals surface area contributed by atoms with Crippen LogP contribution in [0.15, 0.2) is 77.4 Å². The monoisotopic (exact) mass is 551 g/mol. The lowest BCUT2D eigenvalue weighted by atomic mass is 9.97. The molecule has 1 aliphatic rings. The molecule has 0 bridgehead atoms. The SMILES string of the molecule is CSc1nc2nc(NC3=CC=C(Oc4ccncc4)CC3C)nn2c(-c2ccc(OC(F)(F)F)cc2)c1C#N. The van der Waals surface area contributed by atoms with Crippen molar-refractivity contribution in [1.82, 2.24) is 24.6 Å². The maximum atomic E-state index is 12.6. The first-order chi connectivity index (χ1) is 18.7. The highest BCUT2D eigenvalue weighted by Crippen LogP contribution is 2.33. The fourth-order valence-corrected chi connectivity index (χ4v) is 4.54. The van der Waals surface area contributed by atoms with Gasteiger partial charge in [-0.25, -0.2) is 4.98 Å². The molecule has 13 heteroatoms. The van der Waals surface area contributed by atoms with Gasteiger partial charge in [-0.1, -0.05) is 6.92 Å². The van der Waals surface area contributed by atoms with Crippen LogP contribution in [-0.2, 0) is 0 Å². The van der Waals surface area contributed by atoms with Gasteiger partial charge in [0.2, 0.25) is 5.95 Å². The van der Waals surface area contributed by atoms with Crippen LogP contribution in [0.1, 0.15) is 18.9 Å². The molecule has 0 radical (unpaired) electrons. The molecular weight excluding hydrogens is 531 g/mol. The molecule has 5 rings (SSSR count). The topological polar surface area (TPSA) is 110 Å². The maximum Gasteiger partial charge on any atom is 0.573 e. The third-order valence-electron chi connectivity index (χ3n) is 5.76. The molecule has 1 unspecified atom stereocenters. The smallest absolute Gasteiger partial charge is 0.462 e. The summed E-state index contributed by atoms with van der Waals surface area (Å²) in [5.74, 6) is 1.67. The zero-order chi connectivity index (χ0) is 27.6. The van der Waals surface area contributed by atoms with E-state index in [1.165, 1.54) is 40.5 Å². The third-order valence-corrected chi connectivity index (χ3v) is 6.44. The van der Waals surface area contributed by atoms with Gasteiger partial charge in [0.15, 0.2) is 0 Å². The highest BCUT2D eigenvalue weighted by molar-refractivity contribution is 7.98. The lowest BCUT2D eigenvalue weighted by Crippen LogP contribution is -2.17. The summed E-state index contributed by atoms with van der Waals surface area (Å²) >= 11 is 1.26. The summed E-state index contributed by atoms with van der Waals surface area (Å²) in [5, 5.41) is 18.1. The van der Waals surface area contributed by atoms with Crippen LogP contribution < -0.4 is 14.8 Å². The van der Waals surface area contributed by atoms with Crippen molar-refractivity contribution < 1.29 is 22.6 Å². The van der Waals surface area contributed by atoms with Crippen LogP contribution in [0.2, 0.25) is 0 Å². The molecule has 1 atom stereocenters. The second-order valence-electron chi connectivity index (χ2n) is 8.45. The third kappa shape index (κ3) is 5.80. The van der Waals surface area contributed by atoms with Gasteiger partial charge in [0.1, 0.15) is 33.9 Å². The van der Waals surface area contributed by atoms with Gasteiger partial charge in [0.05, 0.1) is 5.69 Å².